The largest absolute Gasteiger partial charge is 0.493 e. The number of carboxylic acids is 1. The summed E-state index contributed by atoms with van der Waals surface area (Å²) in [6.45, 7) is 5.37. The van der Waals surface area contributed by atoms with Crippen molar-refractivity contribution >= 4 is 66.5 Å². The van der Waals surface area contributed by atoms with Gasteiger partial charge in [-0.15, -0.1) is 0 Å². The van der Waals surface area contributed by atoms with E-state index in [1.807, 2.05) is 19.9 Å². The van der Waals surface area contributed by atoms with Crippen LogP contribution >= 0.6 is 43.5 Å². The number of halogens is 3. The summed E-state index contributed by atoms with van der Waals surface area (Å²) >= 11 is 13.3. The van der Waals surface area contributed by atoms with E-state index in [0.29, 0.717) is 26.8 Å². The predicted molar refractivity (Wildman–Crippen MR) is 139 cm³/mol. The third-order valence-corrected chi connectivity index (χ3v) is 7.15. The maximum absolute atomic E-state index is 13.3. The average molecular weight is 616 g/mol. The van der Waals surface area contributed by atoms with Crippen molar-refractivity contribution < 1.29 is 19.4 Å². The van der Waals surface area contributed by atoms with Crippen molar-refractivity contribution in [3.8, 4) is 11.5 Å². The third kappa shape index (κ3) is 5.29. The van der Waals surface area contributed by atoms with Crippen LogP contribution in [0.2, 0.25) is 5.02 Å². The summed E-state index contributed by atoms with van der Waals surface area (Å²) < 4.78 is 13.3. The van der Waals surface area contributed by atoms with Crippen LogP contribution in [0.25, 0.3) is 10.9 Å². The number of aliphatic carboxylic acids is 1. The Labute approximate surface area is 217 Å². The maximum Gasteiger partial charge on any atom is 0.344 e. The van der Waals surface area contributed by atoms with Gasteiger partial charge in [0.1, 0.15) is 10.8 Å². The summed E-state index contributed by atoms with van der Waals surface area (Å²) in [5.74, 6) is -0.335. The van der Waals surface area contributed by atoms with Crippen molar-refractivity contribution in [2.24, 2.45) is 5.10 Å². The average Bonchev–Trinajstić information content (AvgIpc) is 2.81. The number of hydrogen-bond donors (Lipinski definition) is 1. The predicted octanol–water partition coefficient (Wildman–Crippen LogP) is 5.83. The number of rotatable bonds is 8. The van der Waals surface area contributed by atoms with Crippen molar-refractivity contribution in [3.05, 3.63) is 60.0 Å². The number of ether oxygens (including phenoxy) is 2. The molecule has 0 aliphatic heterocycles. The van der Waals surface area contributed by atoms with Gasteiger partial charge in [-0.25, -0.2) is 9.78 Å². The molecule has 0 bridgehead atoms. The zero-order valence-corrected chi connectivity index (χ0v) is 22.7. The molecule has 2 atom stereocenters. The molecule has 34 heavy (non-hydrogen) atoms. The lowest BCUT2D eigenvalue weighted by molar-refractivity contribution is -0.144. The van der Waals surface area contributed by atoms with Crippen molar-refractivity contribution in [3.63, 3.8) is 0 Å². The van der Waals surface area contributed by atoms with E-state index in [0.717, 1.165) is 10.9 Å². The molecule has 2 aromatic carbocycles. The van der Waals surface area contributed by atoms with E-state index in [4.69, 9.17) is 26.2 Å². The number of benzene rings is 2. The van der Waals surface area contributed by atoms with Crippen LogP contribution in [-0.2, 0) is 4.79 Å². The van der Waals surface area contributed by atoms with Gasteiger partial charge in [-0.2, -0.15) is 9.78 Å². The summed E-state index contributed by atoms with van der Waals surface area (Å²) in [6.07, 6.45) is 1.08. The van der Waals surface area contributed by atoms with Crippen LogP contribution in [0.15, 0.2) is 43.1 Å². The number of nitrogens with zero attached hydrogens (tertiary/aromatic N) is 3. The van der Waals surface area contributed by atoms with Crippen molar-refractivity contribution in [1.82, 2.24) is 9.66 Å². The fourth-order valence-corrected chi connectivity index (χ4v) is 4.09. The van der Waals surface area contributed by atoms with Gasteiger partial charge in [-0.05, 0) is 53.5 Å². The van der Waals surface area contributed by atoms with Crippen LogP contribution < -0.4 is 15.0 Å². The van der Waals surface area contributed by atoms with Crippen LogP contribution in [-0.4, -0.2) is 40.2 Å². The molecule has 0 spiro atoms. The van der Waals surface area contributed by atoms with Crippen LogP contribution in [0.1, 0.15) is 44.5 Å². The Hall–Kier alpha value is -2.43. The van der Waals surface area contributed by atoms with Gasteiger partial charge in [-0.1, -0.05) is 41.4 Å². The molecule has 3 aromatic rings. The molecule has 0 aliphatic rings. The second-order valence-corrected chi connectivity index (χ2v) is 9.61. The molecule has 1 aromatic heterocycles. The minimum absolute atomic E-state index is 0.0206. The summed E-state index contributed by atoms with van der Waals surface area (Å²) in [5.41, 5.74) is 0.783. The molecule has 11 heteroatoms. The highest BCUT2D eigenvalue weighted by molar-refractivity contribution is 9.10. The van der Waals surface area contributed by atoms with Gasteiger partial charge in [0.05, 0.1) is 24.2 Å². The quantitative estimate of drug-likeness (QED) is 0.320. The van der Waals surface area contributed by atoms with Crippen LogP contribution in [0.4, 0.5) is 0 Å². The Morgan fingerprint density at radius 3 is 2.65 bits per heavy atom. The van der Waals surface area contributed by atoms with Gasteiger partial charge >= 0.3 is 5.97 Å². The Morgan fingerprint density at radius 1 is 1.32 bits per heavy atom. The highest BCUT2D eigenvalue weighted by atomic mass is 79.9. The number of carbonyl (C=O) groups is 1. The van der Waals surface area contributed by atoms with Crippen molar-refractivity contribution in [2.45, 2.75) is 39.2 Å². The van der Waals surface area contributed by atoms with E-state index in [1.165, 1.54) is 24.9 Å². The lowest BCUT2D eigenvalue weighted by Gasteiger charge is -2.17. The van der Waals surface area contributed by atoms with Gasteiger partial charge in [0.2, 0.25) is 0 Å². The monoisotopic (exact) mass is 613 g/mol. The van der Waals surface area contributed by atoms with Gasteiger partial charge in [0.15, 0.2) is 17.6 Å². The number of fused-ring (bicyclic) bond motifs is 1. The second kappa shape index (κ2) is 10.9. The zero-order valence-electron chi connectivity index (χ0n) is 18.8. The van der Waals surface area contributed by atoms with Gasteiger partial charge in [-0.3, -0.25) is 4.79 Å². The van der Waals surface area contributed by atoms with E-state index in [-0.39, 0.29) is 28.0 Å². The second-order valence-electron chi connectivity index (χ2n) is 7.53. The number of carboxylic acid groups (broad SMARTS) is 1. The van der Waals surface area contributed by atoms with Crippen LogP contribution in [0.5, 0.6) is 11.5 Å². The summed E-state index contributed by atoms with van der Waals surface area (Å²) in [5, 5.41) is 14.1. The Balaban J connectivity index is 2.16. The molecule has 0 aliphatic carbocycles. The van der Waals surface area contributed by atoms with Crippen LogP contribution in [0, 0.1) is 0 Å². The van der Waals surface area contributed by atoms with Crippen molar-refractivity contribution in [1.29, 1.82) is 0 Å². The normalized spacial score (nSPS) is 13.3. The SMILES string of the molecule is CC[C@H](C)c1nc2ccc(Br)cc2c(=O)n1N=Cc1cc(OC)c(O[C@@H](C)C(=O)O)c(Cl)c1Br. The molecular formula is C23H22Br2ClN3O5. The fourth-order valence-electron chi connectivity index (χ4n) is 3.09. The summed E-state index contributed by atoms with van der Waals surface area (Å²) in [7, 11) is 1.41. The van der Waals surface area contributed by atoms with Crippen molar-refractivity contribution in [2.75, 3.05) is 7.11 Å². The smallest absolute Gasteiger partial charge is 0.344 e. The Kier molecular flexibility index (Phi) is 8.38. The first kappa shape index (κ1) is 26.2. The molecular weight excluding hydrogens is 594 g/mol. The van der Waals surface area contributed by atoms with E-state index in [9.17, 15) is 9.59 Å². The van der Waals surface area contributed by atoms with Gasteiger partial charge in [0, 0.05) is 20.4 Å². The van der Waals surface area contributed by atoms with E-state index >= 15 is 0 Å². The minimum Gasteiger partial charge on any atom is -0.493 e. The highest BCUT2D eigenvalue weighted by Gasteiger charge is 2.22. The van der Waals surface area contributed by atoms with E-state index < -0.39 is 12.1 Å². The molecule has 3 rings (SSSR count). The Bertz CT molecular complexity index is 1340. The molecule has 0 radical (unpaired) electrons. The topological polar surface area (TPSA) is 103 Å². The molecule has 1 heterocycles. The molecule has 0 amide bonds. The highest BCUT2D eigenvalue weighted by Crippen LogP contribution is 2.42. The number of methoxy groups -OCH3 is 1. The molecule has 8 nitrogen and oxygen atoms in total. The Morgan fingerprint density at radius 2 is 2.03 bits per heavy atom. The number of hydrogen-bond acceptors (Lipinski definition) is 6. The van der Waals surface area contributed by atoms with E-state index in [1.54, 1.807) is 18.2 Å². The number of aromatic nitrogens is 2. The van der Waals surface area contributed by atoms with Crippen LogP contribution in [0.3, 0.4) is 0 Å². The fraction of sp³-hybridized carbons (Fsp3) is 0.304. The first-order valence-electron chi connectivity index (χ1n) is 10.3. The molecule has 0 saturated carbocycles. The zero-order chi connectivity index (χ0) is 25.2. The molecule has 180 valence electrons. The van der Waals surface area contributed by atoms with E-state index in [2.05, 4.69) is 41.9 Å². The lowest BCUT2D eigenvalue weighted by Crippen LogP contribution is -2.24. The summed E-state index contributed by atoms with van der Waals surface area (Å²) in [4.78, 5) is 29.2. The minimum atomic E-state index is -1.15. The third-order valence-electron chi connectivity index (χ3n) is 5.22. The standard InChI is InChI=1S/C23H22Br2ClN3O5/c1-5-11(2)21-28-16-7-6-14(24)9-15(16)22(30)29(21)27-10-13-8-17(33-4)20(19(26)18(13)25)34-12(3)23(31)32/h6-12H,5H2,1-4H3,(H,31,32)/t11-,12-/m0/s1. The molecule has 0 saturated heterocycles. The first-order chi connectivity index (χ1) is 16.1. The summed E-state index contributed by atoms with van der Waals surface area (Å²) in [6, 6.07) is 6.92. The van der Waals surface area contributed by atoms with Gasteiger partial charge in [0.25, 0.3) is 5.56 Å². The lowest BCUT2D eigenvalue weighted by atomic mass is 10.1. The van der Waals surface area contributed by atoms with Gasteiger partial charge < -0.3 is 14.6 Å². The molecule has 1 N–H and O–H groups in total. The maximum atomic E-state index is 13.3. The molecule has 0 fully saturated rings. The molecule has 0 unspecified atom stereocenters. The first-order valence-corrected chi connectivity index (χ1v) is 12.3.